The summed E-state index contributed by atoms with van der Waals surface area (Å²) in [6.07, 6.45) is -6.03. The van der Waals surface area contributed by atoms with Crippen molar-refractivity contribution >= 4 is 28.8 Å². The fourth-order valence-electron chi connectivity index (χ4n) is 4.27. The van der Waals surface area contributed by atoms with E-state index in [4.69, 9.17) is 11.6 Å². The van der Waals surface area contributed by atoms with Crippen LogP contribution in [0, 0.1) is 0 Å². The molecule has 36 heavy (non-hydrogen) atoms. The summed E-state index contributed by atoms with van der Waals surface area (Å²) < 4.78 is 84.6. The van der Waals surface area contributed by atoms with Crippen LogP contribution in [0.5, 0.6) is 0 Å². The summed E-state index contributed by atoms with van der Waals surface area (Å²) >= 11 is 5.86. The first-order valence-electron chi connectivity index (χ1n) is 10.2. The number of carbonyl (C=O) groups is 1. The molecule has 0 fully saturated rings. The van der Waals surface area contributed by atoms with Crippen LogP contribution in [0.1, 0.15) is 36.1 Å². The highest BCUT2D eigenvalue weighted by Crippen LogP contribution is 2.54. The van der Waals surface area contributed by atoms with Gasteiger partial charge in [-0.25, -0.2) is 14.5 Å². The lowest BCUT2D eigenvalue weighted by Gasteiger charge is -2.28. The summed E-state index contributed by atoms with van der Waals surface area (Å²) in [6.45, 7) is 0.920. The van der Waals surface area contributed by atoms with Gasteiger partial charge in [-0.15, -0.1) is 4.80 Å². The van der Waals surface area contributed by atoms with Crippen molar-refractivity contribution in [3.8, 4) is 5.82 Å². The Bertz CT molecular complexity index is 1480. The van der Waals surface area contributed by atoms with Gasteiger partial charge >= 0.3 is 12.4 Å². The molecular weight excluding hydrogens is 518 g/mol. The smallest absolute Gasteiger partial charge is 0.324 e. The van der Waals surface area contributed by atoms with Crippen molar-refractivity contribution in [2.75, 3.05) is 5.32 Å². The molecule has 2 atom stereocenters. The Balaban J connectivity index is 1.54. The Hall–Kier alpha value is -3.75. The van der Waals surface area contributed by atoms with E-state index in [-0.39, 0.29) is 27.7 Å². The van der Waals surface area contributed by atoms with E-state index >= 15 is 0 Å². The van der Waals surface area contributed by atoms with E-state index in [0.29, 0.717) is 10.9 Å². The van der Waals surface area contributed by atoms with Crippen LogP contribution in [0.2, 0.25) is 5.15 Å². The number of amides is 1. The molecule has 16 heteroatoms. The molecule has 4 aromatic rings. The van der Waals surface area contributed by atoms with Gasteiger partial charge in [0.15, 0.2) is 16.6 Å². The van der Waals surface area contributed by atoms with Crippen molar-refractivity contribution in [3.05, 3.63) is 58.9 Å². The molecule has 0 spiro atoms. The van der Waals surface area contributed by atoms with Gasteiger partial charge in [0.1, 0.15) is 11.0 Å². The first kappa shape index (κ1) is 24.0. The number of nitrogens with zero attached hydrogens (tertiary/aromatic N) is 7. The summed E-state index contributed by atoms with van der Waals surface area (Å²) in [7, 11) is 0. The van der Waals surface area contributed by atoms with Gasteiger partial charge in [0.2, 0.25) is 5.91 Å². The van der Waals surface area contributed by atoms with Crippen LogP contribution in [-0.4, -0.2) is 46.7 Å². The molecule has 1 aliphatic rings. The third-order valence-electron chi connectivity index (χ3n) is 5.98. The van der Waals surface area contributed by atoms with E-state index in [1.54, 1.807) is 0 Å². The van der Waals surface area contributed by atoms with Gasteiger partial charge in [0, 0.05) is 17.8 Å². The second-order valence-electron chi connectivity index (χ2n) is 8.29. The number of halogens is 7. The van der Waals surface area contributed by atoms with Crippen LogP contribution >= 0.6 is 11.6 Å². The van der Waals surface area contributed by atoms with Crippen molar-refractivity contribution in [2.24, 2.45) is 0 Å². The highest BCUT2D eigenvalue weighted by Gasteiger charge is 2.60. The van der Waals surface area contributed by atoms with Crippen molar-refractivity contribution in [1.82, 2.24) is 34.6 Å². The van der Waals surface area contributed by atoms with E-state index in [1.807, 2.05) is 0 Å². The molecule has 0 saturated heterocycles. The molecule has 0 radical (unpaired) electrons. The molecule has 0 bridgehead atoms. The molecule has 188 valence electrons. The molecule has 0 unspecified atom stereocenters. The minimum Gasteiger partial charge on any atom is -0.324 e. The van der Waals surface area contributed by atoms with Crippen molar-refractivity contribution in [3.63, 3.8) is 0 Å². The van der Waals surface area contributed by atoms with E-state index in [1.165, 1.54) is 6.07 Å². The topological polar surface area (TPSA) is 103 Å². The van der Waals surface area contributed by atoms with Crippen LogP contribution < -0.4 is 5.32 Å². The standard InChI is InChI=1S/C20H13ClF6N8O/c1-18(20(25,26)27)6-10(11-8-28-14-5-13(21)33-34(14)15(11)18)17(36)32-9-4-12(19(22,23)24)16(29-7-9)35-30-2-3-31-35/h2-5,7-8,10H,6H2,1H3,(H,32,36)/t10-,18+/m0/s1. The second kappa shape index (κ2) is 7.88. The van der Waals surface area contributed by atoms with Gasteiger partial charge in [-0.2, -0.15) is 41.6 Å². The fraction of sp³-hybridized carbons (Fsp3) is 0.300. The highest BCUT2D eigenvalue weighted by atomic mass is 35.5. The molecule has 1 amide bonds. The Morgan fingerprint density at radius 2 is 1.81 bits per heavy atom. The van der Waals surface area contributed by atoms with Crippen molar-refractivity contribution in [2.45, 2.75) is 37.0 Å². The number of hydrogen-bond donors (Lipinski definition) is 1. The van der Waals surface area contributed by atoms with Crippen molar-refractivity contribution < 1.29 is 31.1 Å². The zero-order chi connectivity index (χ0) is 26.0. The molecule has 0 aliphatic heterocycles. The summed E-state index contributed by atoms with van der Waals surface area (Å²) in [4.78, 5) is 21.5. The van der Waals surface area contributed by atoms with Crippen LogP contribution in [0.25, 0.3) is 11.5 Å². The average Bonchev–Trinajstić information content (AvgIpc) is 3.50. The maximum atomic E-state index is 14.2. The first-order valence-corrected chi connectivity index (χ1v) is 10.5. The quantitative estimate of drug-likeness (QED) is 0.396. The van der Waals surface area contributed by atoms with Gasteiger partial charge in [-0.1, -0.05) is 11.6 Å². The molecule has 0 aromatic carbocycles. The molecule has 4 heterocycles. The minimum absolute atomic E-state index is 0.0529. The number of nitrogens with one attached hydrogen (secondary N) is 1. The molecule has 9 nitrogen and oxygen atoms in total. The summed E-state index contributed by atoms with van der Waals surface area (Å²) in [5.74, 6) is -3.00. The molecule has 1 N–H and O–H groups in total. The van der Waals surface area contributed by atoms with Gasteiger partial charge in [0.05, 0.1) is 35.9 Å². The first-order chi connectivity index (χ1) is 16.8. The normalized spacial score (nSPS) is 20.1. The number of anilines is 1. The van der Waals surface area contributed by atoms with Gasteiger partial charge in [0.25, 0.3) is 0 Å². The lowest BCUT2D eigenvalue weighted by Crippen LogP contribution is -2.39. The number of hydrogen-bond acceptors (Lipinski definition) is 6. The third kappa shape index (κ3) is 3.73. The van der Waals surface area contributed by atoms with Gasteiger partial charge in [-0.05, 0) is 19.4 Å². The number of carbonyl (C=O) groups excluding carboxylic acids is 1. The third-order valence-corrected chi connectivity index (χ3v) is 6.17. The molecule has 1 aliphatic carbocycles. The maximum Gasteiger partial charge on any atom is 0.420 e. The lowest BCUT2D eigenvalue weighted by molar-refractivity contribution is -0.187. The zero-order valence-electron chi connectivity index (χ0n) is 17.9. The predicted molar refractivity (Wildman–Crippen MR) is 112 cm³/mol. The Morgan fingerprint density at radius 1 is 1.11 bits per heavy atom. The SMILES string of the molecule is C[C@@]1(C(F)(F)F)C[C@H](C(=O)Nc2cnc(-n3nccn3)c(C(F)(F)F)c2)c2cnc3cc(Cl)nn3c21. The van der Waals surface area contributed by atoms with Crippen LogP contribution in [0.4, 0.5) is 32.0 Å². The molecule has 5 rings (SSSR count). The van der Waals surface area contributed by atoms with Crippen LogP contribution in [-0.2, 0) is 16.4 Å². The van der Waals surface area contributed by atoms with Crippen LogP contribution in [0.3, 0.4) is 0 Å². The average molecular weight is 531 g/mol. The summed E-state index contributed by atoms with van der Waals surface area (Å²) in [5, 5.41) is 13.3. The Labute approximate surface area is 202 Å². The van der Waals surface area contributed by atoms with Crippen molar-refractivity contribution in [1.29, 1.82) is 0 Å². The monoisotopic (exact) mass is 530 g/mol. The Morgan fingerprint density at radius 3 is 2.44 bits per heavy atom. The molecule has 0 saturated carbocycles. The number of rotatable bonds is 3. The molecular formula is C20H13ClF6N8O. The number of aromatic nitrogens is 7. The highest BCUT2D eigenvalue weighted by molar-refractivity contribution is 6.29. The lowest BCUT2D eigenvalue weighted by atomic mass is 9.85. The fourth-order valence-corrected chi connectivity index (χ4v) is 4.45. The second-order valence-corrected chi connectivity index (χ2v) is 8.67. The van der Waals surface area contributed by atoms with Gasteiger partial charge < -0.3 is 5.32 Å². The molecule has 4 aromatic heterocycles. The maximum absolute atomic E-state index is 14.2. The minimum atomic E-state index is -4.89. The van der Waals surface area contributed by atoms with Crippen LogP contribution in [0.15, 0.2) is 36.9 Å². The Kier molecular flexibility index (Phi) is 5.24. The summed E-state index contributed by atoms with van der Waals surface area (Å²) in [6, 6.07) is 1.88. The number of fused-ring (bicyclic) bond motifs is 3. The predicted octanol–water partition coefficient (Wildman–Crippen LogP) is 4.32. The van der Waals surface area contributed by atoms with E-state index in [0.717, 1.165) is 36.2 Å². The number of pyridine rings is 1. The summed E-state index contributed by atoms with van der Waals surface area (Å²) in [5.41, 5.74) is -4.47. The largest absolute Gasteiger partial charge is 0.420 e. The zero-order valence-corrected chi connectivity index (χ0v) is 18.7. The van der Waals surface area contributed by atoms with Gasteiger partial charge in [-0.3, -0.25) is 4.79 Å². The van der Waals surface area contributed by atoms with E-state index in [9.17, 15) is 31.1 Å². The van der Waals surface area contributed by atoms with E-state index < -0.39 is 47.4 Å². The number of alkyl halides is 6. The van der Waals surface area contributed by atoms with E-state index in [2.05, 4.69) is 30.6 Å².